The van der Waals surface area contributed by atoms with E-state index in [1.54, 1.807) is 7.11 Å². The summed E-state index contributed by atoms with van der Waals surface area (Å²) < 4.78 is 7.10. The highest BCUT2D eigenvalue weighted by molar-refractivity contribution is 14.0. The predicted molar refractivity (Wildman–Crippen MR) is 126 cm³/mol. The molecule has 10 nitrogen and oxygen atoms in total. The second-order valence-corrected chi connectivity index (χ2v) is 7.74. The maximum atomic E-state index is 12.0. The summed E-state index contributed by atoms with van der Waals surface area (Å²) in [6, 6.07) is 0.420. The average Bonchev–Trinajstić information content (AvgIpc) is 3.47. The van der Waals surface area contributed by atoms with E-state index in [1.165, 1.54) is 0 Å². The van der Waals surface area contributed by atoms with Crippen molar-refractivity contribution >= 4 is 35.8 Å². The third-order valence-electron chi connectivity index (χ3n) is 5.34. The molecule has 0 atom stereocenters. The van der Waals surface area contributed by atoms with Crippen LogP contribution in [0.4, 0.5) is 0 Å². The Morgan fingerprint density at radius 1 is 1.23 bits per heavy atom. The lowest BCUT2D eigenvalue weighted by Gasteiger charge is -2.36. The summed E-state index contributed by atoms with van der Waals surface area (Å²) in [5.41, 5.74) is 0. The summed E-state index contributed by atoms with van der Waals surface area (Å²) in [5, 5.41) is 14.8. The van der Waals surface area contributed by atoms with Gasteiger partial charge in [0.2, 0.25) is 5.91 Å². The topological polar surface area (TPSA) is 99.9 Å². The molecule has 2 N–H and O–H groups in total. The number of methoxy groups -OCH3 is 1. The average molecular weight is 534 g/mol. The van der Waals surface area contributed by atoms with Gasteiger partial charge in [0, 0.05) is 59.5 Å². The summed E-state index contributed by atoms with van der Waals surface area (Å²) >= 11 is 0. The largest absolute Gasteiger partial charge is 0.385 e. The van der Waals surface area contributed by atoms with Gasteiger partial charge in [0.05, 0.1) is 6.54 Å². The lowest BCUT2D eigenvalue weighted by Crippen LogP contribution is -2.54. The highest BCUT2D eigenvalue weighted by Crippen LogP contribution is 2.18. The normalized spacial score (nSPS) is 17.6. The summed E-state index contributed by atoms with van der Waals surface area (Å²) in [6.07, 6.45) is 3.16. The number of rotatable bonds is 9. The second kappa shape index (κ2) is 12.4. The Hall–Kier alpha value is -1.47. The van der Waals surface area contributed by atoms with Crippen LogP contribution in [0.2, 0.25) is 0 Å². The van der Waals surface area contributed by atoms with Gasteiger partial charge in [0.15, 0.2) is 11.8 Å². The number of nitrogens with zero attached hydrogens (tertiary/aromatic N) is 6. The molecule has 3 rings (SSSR count). The Bertz CT molecular complexity index is 699. The van der Waals surface area contributed by atoms with E-state index >= 15 is 0 Å². The number of piperazine rings is 1. The van der Waals surface area contributed by atoms with Crippen molar-refractivity contribution in [2.45, 2.75) is 38.8 Å². The van der Waals surface area contributed by atoms with Crippen LogP contribution in [0.3, 0.4) is 0 Å². The summed E-state index contributed by atoms with van der Waals surface area (Å²) in [7, 11) is 3.67. The number of carbonyl (C=O) groups is 1. The molecular weight excluding hydrogens is 499 g/mol. The van der Waals surface area contributed by atoms with Crippen molar-refractivity contribution in [1.82, 2.24) is 35.2 Å². The number of aromatic nitrogens is 3. The minimum absolute atomic E-state index is 0. The zero-order chi connectivity index (χ0) is 20.6. The SMILES string of the molecule is COCCCNC(=NCc1nnc(C)n1C)N1CCN(CC(=O)NC2CC2)CC1.I. The predicted octanol–water partition coefficient (Wildman–Crippen LogP) is 0.120. The quantitative estimate of drug-likeness (QED) is 0.201. The van der Waals surface area contributed by atoms with E-state index in [1.807, 2.05) is 18.5 Å². The molecular formula is C19H35IN8O2. The van der Waals surface area contributed by atoms with E-state index < -0.39 is 0 Å². The Labute approximate surface area is 195 Å². The van der Waals surface area contributed by atoms with Gasteiger partial charge in [-0.1, -0.05) is 0 Å². The molecule has 170 valence electrons. The second-order valence-electron chi connectivity index (χ2n) is 7.74. The Morgan fingerprint density at radius 3 is 2.57 bits per heavy atom. The highest BCUT2D eigenvalue weighted by Gasteiger charge is 2.26. The third-order valence-corrected chi connectivity index (χ3v) is 5.34. The molecule has 0 radical (unpaired) electrons. The molecule has 11 heteroatoms. The van der Waals surface area contributed by atoms with E-state index in [0.717, 1.165) is 69.6 Å². The van der Waals surface area contributed by atoms with E-state index in [9.17, 15) is 4.79 Å². The number of aliphatic imine (C=N–C) groups is 1. The van der Waals surface area contributed by atoms with Crippen molar-refractivity contribution in [2.24, 2.45) is 12.0 Å². The van der Waals surface area contributed by atoms with Crippen LogP contribution in [0.1, 0.15) is 30.9 Å². The number of carbonyl (C=O) groups excluding carboxylic acids is 1. The molecule has 1 aromatic heterocycles. The number of guanidine groups is 1. The molecule has 2 aliphatic rings. The molecule has 30 heavy (non-hydrogen) atoms. The van der Waals surface area contributed by atoms with Crippen molar-refractivity contribution in [3.8, 4) is 0 Å². The molecule has 2 heterocycles. The first-order chi connectivity index (χ1) is 14.1. The van der Waals surface area contributed by atoms with Gasteiger partial charge in [0.1, 0.15) is 12.4 Å². The fraction of sp³-hybridized carbons (Fsp3) is 0.789. The van der Waals surface area contributed by atoms with Crippen LogP contribution in [0, 0.1) is 6.92 Å². The standard InChI is InChI=1S/C19H34N8O2.HI/c1-15-23-24-17(25(15)2)13-21-19(20-7-4-12-29-3)27-10-8-26(9-11-27)14-18(28)22-16-5-6-16;/h16H,4-14H2,1-3H3,(H,20,21)(H,22,28);1H. The van der Waals surface area contributed by atoms with E-state index in [0.29, 0.717) is 25.7 Å². The fourth-order valence-electron chi connectivity index (χ4n) is 3.24. The van der Waals surface area contributed by atoms with Gasteiger partial charge in [-0.05, 0) is 26.2 Å². The van der Waals surface area contributed by atoms with Crippen LogP contribution >= 0.6 is 24.0 Å². The molecule has 0 unspecified atom stereocenters. The summed E-state index contributed by atoms with van der Waals surface area (Å²) in [5.74, 6) is 2.74. The molecule has 1 saturated heterocycles. The monoisotopic (exact) mass is 534 g/mol. The van der Waals surface area contributed by atoms with Crippen molar-refractivity contribution < 1.29 is 9.53 Å². The molecule has 0 bridgehead atoms. The molecule has 2 fully saturated rings. The minimum atomic E-state index is 0. The van der Waals surface area contributed by atoms with Crippen molar-refractivity contribution in [3.05, 3.63) is 11.6 Å². The summed E-state index contributed by atoms with van der Waals surface area (Å²) in [4.78, 5) is 21.3. The molecule has 1 aliphatic heterocycles. The molecule has 1 aliphatic carbocycles. The van der Waals surface area contributed by atoms with Crippen LogP contribution in [-0.2, 0) is 23.1 Å². The molecule has 1 aromatic rings. The van der Waals surface area contributed by atoms with Crippen molar-refractivity contribution in [2.75, 3.05) is 53.0 Å². The van der Waals surface area contributed by atoms with Gasteiger partial charge in [-0.25, -0.2) is 4.99 Å². The molecule has 0 spiro atoms. The number of amides is 1. The summed E-state index contributed by atoms with van der Waals surface area (Å²) in [6.45, 7) is 7.78. The zero-order valence-corrected chi connectivity index (χ0v) is 20.6. The molecule has 0 aromatic carbocycles. The van der Waals surface area contributed by atoms with Crippen molar-refractivity contribution in [3.63, 3.8) is 0 Å². The van der Waals surface area contributed by atoms with Crippen LogP contribution in [-0.4, -0.2) is 95.5 Å². The number of aryl methyl sites for hydroxylation is 1. The minimum Gasteiger partial charge on any atom is -0.385 e. The Kier molecular flexibility index (Phi) is 10.2. The first-order valence-electron chi connectivity index (χ1n) is 10.5. The van der Waals surface area contributed by atoms with Gasteiger partial charge < -0.3 is 24.8 Å². The van der Waals surface area contributed by atoms with Gasteiger partial charge in [-0.3, -0.25) is 9.69 Å². The fourth-order valence-corrected chi connectivity index (χ4v) is 3.24. The van der Waals surface area contributed by atoms with Crippen LogP contribution < -0.4 is 10.6 Å². The van der Waals surface area contributed by atoms with Crippen LogP contribution in [0.25, 0.3) is 0 Å². The molecule has 1 amide bonds. The molecule has 1 saturated carbocycles. The Morgan fingerprint density at radius 2 is 1.97 bits per heavy atom. The van der Waals surface area contributed by atoms with Gasteiger partial charge in [0.25, 0.3) is 0 Å². The van der Waals surface area contributed by atoms with Crippen LogP contribution in [0.5, 0.6) is 0 Å². The van der Waals surface area contributed by atoms with Crippen LogP contribution in [0.15, 0.2) is 4.99 Å². The number of hydrogen-bond donors (Lipinski definition) is 2. The lowest BCUT2D eigenvalue weighted by atomic mass is 10.3. The van der Waals surface area contributed by atoms with Gasteiger partial charge >= 0.3 is 0 Å². The smallest absolute Gasteiger partial charge is 0.234 e. The first kappa shape index (κ1) is 24.8. The van der Waals surface area contributed by atoms with E-state index in [-0.39, 0.29) is 29.9 Å². The maximum absolute atomic E-state index is 12.0. The Balaban J connectivity index is 0.00000320. The number of ether oxygens (including phenoxy) is 1. The van der Waals surface area contributed by atoms with Gasteiger partial charge in [-0.15, -0.1) is 34.2 Å². The highest BCUT2D eigenvalue weighted by atomic mass is 127. The number of halogens is 1. The van der Waals surface area contributed by atoms with Crippen molar-refractivity contribution in [1.29, 1.82) is 0 Å². The van der Waals surface area contributed by atoms with Gasteiger partial charge in [-0.2, -0.15) is 0 Å². The lowest BCUT2D eigenvalue weighted by molar-refractivity contribution is -0.122. The number of hydrogen-bond acceptors (Lipinski definition) is 6. The first-order valence-corrected chi connectivity index (χ1v) is 10.5. The maximum Gasteiger partial charge on any atom is 0.234 e. The zero-order valence-electron chi connectivity index (χ0n) is 18.3. The van der Waals surface area contributed by atoms with E-state index in [2.05, 4.69) is 30.6 Å². The number of nitrogens with one attached hydrogen (secondary N) is 2. The third kappa shape index (κ3) is 7.65. The van der Waals surface area contributed by atoms with E-state index in [4.69, 9.17) is 9.73 Å².